The first-order valence-corrected chi connectivity index (χ1v) is 5.53. The Morgan fingerprint density at radius 3 is 2.93 bits per heavy atom. The normalized spacial score (nSPS) is 22.6. The molecule has 0 spiro atoms. The minimum absolute atomic E-state index is 0.484. The van der Waals surface area contributed by atoms with Crippen LogP contribution in [0.2, 0.25) is 0 Å². The fraction of sp³-hybridized carbons (Fsp3) is 0.385. The Bertz CT molecular complexity index is 441. The quantitative estimate of drug-likeness (QED) is 0.704. The lowest BCUT2D eigenvalue weighted by Crippen LogP contribution is -2.16. The van der Waals surface area contributed by atoms with Gasteiger partial charge in [0.2, 0.25) is 0 Å². The maximum Gasteiger partial charge on any atom is 0.134 e. The van der Waals surface area contributed by atoms with Crippen molar-refractivity contribution in [2.45, 2.75) is 18.9 Å². The van der Waals surface area contributed by atoms with E-state index in [1.54, 1.807) is 0 Å². The lowest BCUT2D eigenvalue weighted by Gasteiger charge is -2.16. The van der Waals surface area contributed by atoms with Gasteiger partial charge in [0.1, 0.15) is 11.3 Å². The van der Waals surface area contributed by atoms with E-state index >= 15 is 0 Å². The summed E-state index contributed by atoms with van der Waals surface area (Å²) in [5.41, 5.74) is 1.01. The second-order valence-electron chi connectivity index (χ2n) is 4.33. The summed E-state index contributed by atoms with van der Waals surface area (Å²) in [4.78, 5) is 2.37. The van der Waals surface area contributed by atoms with E-state index in [-0.39, 0.29) is 0 Å². The molecule has 1 fully saturated rings. The number of furan rings is 1. The molecule has 78 valence electrons. The summed E-state index contributed by atoms with van der Waals surface area (Å²) in [7, 11) is 2.17. The van der Waals surface area contributed by atoms with E-state index in [0.29, 0.717) is 6.04 Å². The number of nitrogens with zero attached hydrogens (tertiary/aromatic N) is 1. The SMILES string of the molecule is CN1CCCC1c1cc2ccccc2o1. The van der Waals surface area contributed by atoms with Crippen molar-refractivity contribution in [2.24, 2.45) is 0 Å². The third kappa shape index (κ3) is 1.45. The molecule has 0 bridgehead atoms. The Morgan fingerprint density at radius 2 is 2.20 bits per heavy atom. The van der Waals surface area contributed by atoms with Gasteiger partial charge in [-0.25, -0.2) is 0 Å². The van der Waals surface area contributed by atoms with E-state index in [9.17, 15) is 0 Å². The first-order valence-electron chi connectivity index (χ1n) is 5.53. The highest BCUT2D eigenvalue weighted by Crippen LogP contribution is 2.33. The second kappa shape index (κ2) is 3.38. The van der Waals surface area contributed by atoms with E-state index < -0.39 is 0 Å². The van der Waals surface area contributed by atoms with Crippen molar-refractivity contribution >= 4 is 11.0 Å². The van der Waals surface area contributed by atoms with Gasteiger partial charge in [-0.2, -0.15) is 0 Å². The number of benzene rings is 1. The van der Waals surface area contributed by atoms with Crippen molar-refractivity contribution < 1.29 is 4.42 Å². The molecular weight excluding hydrogens is 186 g/mol. The highest BCUT2D eigenvalue weighted by molar-refractivity contribution is 5.77. The molecule has 3 rings (SSSR count). The molecule has 1 aromatic heterocycles. The standard InChI is InChI=1S/C13H15NO/c1-14-8-4-6-11(14)13-9-10-5-2-3-7-12(10)15-13/h2-3,5,7,9,11H,4,6,8H2,1H3. The van der Waals surface area contributed by atoms with E-state index in [4.69, 9.17) is 4.42 Å². The van der Waals surface area contributed by atoms with Gasteiger partial charge in [0.25, 0.3) is 0 Å². The van der Waals surface area contributed by atoms with Crippen LogP contribution in [0.4, 0.5) is 0 Å². The first-order chi connectivity index (χ1) is 7.34. The molecule has 1 unspecified atom stereocenters. The minimum Gasteiger partial charge on any atom is -0.459 e. The number of para-hydroxylation sites is 1. The smallest absolute Gasteiger partial charge is 0.134 e. The molecule has 2 heteroatoms. The van der Waals surface area contributed by atoms with Gasteiger partial charge >= 0.3 is 0 Å². The molecule has 1 aliphatic rings. The van der Waals surface area contributed by atoms with Crippen LogP contribution in [0.5, 0.6) is 0 Å². The molecule has 0 saturated carbocycles. The lowest BCUT2D eigenvalue weighted by atomic mass is 10.1. The van der Waals surface area contributed by atoms with E-state index in [0.717, 1.165) is 11.3 Å². The molecule has 0 amide bonds. The molecule has 0 radical (unpaired) electrons. The van der Waals surface area contributed by atoms with Crippen molar-refractivity contribution in [2.75, 3.05) is 13.6 Å². The minimum atomic E-state index is 0.484. The molecule has 1 atom stereocenters. The zero-order valence-electron chi connectivity index (χ0n) is 8.94. The van der Waals surface area contributed by atoms with Crippen LogP contribution in [0.25, 0.3) is 11.0 Å². The third-order valence-corrected chi connectivity index (χ3v) is 3.29. The molecule has 0 aliphatic carbocycles. The zero-order chi connectivity index (χ0) is 10.3. The Labute approximate surface area is 89.5 Å². The summed E-state index contributed by atoms with van der Waals surface area (Å²) >= 11 is 0. The first kappa shape index (κ1) is 8.98. The summed E-state index contributed by atoms with van der Waals surface area (Å²) < 4.78 is 5.88. The number of likely N-dealkylation sites (tertiary alicyclic amines) is 1. The summed E-state index contributed by atoms with van der Waals surface area (Å²) in [6.45, 7) is 1.18. The number of fused-ring (bicyclic) bond motifs is 1. The van der Waals surface area contributed by atoms with Crippen molar-refractivity contribution in [3.8, 4) is 0 Å². The molecule has 2 aromatic rings. The van der Waals surface area contributed by atoms with Crippen molar-refractivity contribution in [3.63, 3.8) is 0 Å². The Balaban J connectivity index is 2.04. The van der Waals surface area contributed by atoms with Gasteiger partial charge in [0.05, 0.1) is 6.04 Å². The summed E-state index contributed by atoms with van der Waals surface area (Å²) in [5.74, 6) is 1.12. The van der Waals surface area contributed by atoms with E-state index in [1.807, 2.05) is 12.1 Å². The molecule has 0 N–H and O–H groups in total. The van der Waals surface area contributed by atoms with Crippen molar-refractivity contribution in [1.82, 2.24) is 4.90 Å². The Morgan fingerprint density at radius 1 is 1.33 bits per heavy atom. The largest absolute Gasteiger partial charge is 0.459 e. The predicted octanol–water partition coefficient (Wildman–Crippen LogP) is 3.20. The monoisotopic (exact) mass is 201 g/mol. The predicted molar refractivity (Wildman–Crippen MR) is 60.8 cm³/mol. The summed E-state index contributed by atoms with van der Waals surface area (Å²) in [6.07, 6.45) is 2.49. The highest BCUT2D eigenvalue weighted by atomic mass is 16.3. The summed E-state index contributed by atoms with van der Waals surface area (Å²) in [6, 6.07) is 10.9. The number of rotatable bonds is 1. The van der Waals surface area contributed by atoms with Gasteiger partial charge in [-0.1, -0.05) is 18.2 Å². The second-order valence-corrected chi connectivity index (χ2v) is 4.33. The van der Waals surface area contributed by atoms with Gasteiger partial charge in [-0.3, -0.25) is 4.90 Å². The van der Waals surface area contributed by atoms with Crippen LogP contribution >= 0.6 is 0 Å². The van der Waals surface area contributed by atoms with Crippen molar-refractivity contribution in [3.05, 3.63) is 36.1 Å². The molecule has 15 heavy (non-hydrogen) atoms. The van der Waals surface area contributed by atoms with Crippen LogP contribution in [-0.4, -0.2) is 18.5 Å². The maximum atomic E-state index is 5.88. The molecule has 2 heterocycles. The van der Waals surface area contributed by atoms with Gasteiger partial charge in [0, 0.05) is 5.39 Å². The van der Waals surface area contributed by atoms with E-state index in [2.05, 4.69) is 30.1 Å². The van der Waals surface area contributed by atoms with Crippen LogP contribution in [0, 0.1) is 0 Å². The fourth-order valence-electron chi connectivity index (χ4n) is 2.44. The van der Waals surface area contributed by atoms with Gasteiger partial charge < -0.3 is 4.42 Å². The van der Waals surface area contributed by atoms with Gasteiger partial charge in [-0.05, 0) is 38.6 Å². The van der Waals surface area contributed by atoms with Gasteiger partial charge in [-0.15, -0.1) is 0 Å². The van der Waals surface area contributed by atoms with Crippen LogP contribution in [-0.2, 0) is 0 Å². The molecule has 1 saturated heterocycles. The average Bonchev–Trinajstić information content (AvgIpc) is 2.82. The summed E-state index contributed by atoms with van der Waals surface area (Å²) in [5, 5.41) is 1.22. The van der Waals surface area contributed by atoms with Crippen LogP contribution in [0.1, 0.15) is 24.6 Å². The molecular formula is C13H15NO. The molecule has 2 nitrogen and oxygen atoms in total. The average molecular weight is 201 g/mol. The molecule has 1 aliphatic heterocycles. The number of hydrogen-bond donors (Lipinski definition) is 0. The molecule has 1 aromatic carbocycles. The highest BCUT2D eigenvalue weighted by Gasteiger charge is 2.25. The topological polar surface area (TPSA) is 16.4 Å². The van der Waals surface area contributed by atoms with E-state index in [1.165, 1.54) is 24.8 Å². The van der Waals surface area contributed by atoms with Crippen LogP contribution in [0.3, 0.4) is 0 Å². The van der Waals surface area contributed by atoms with Gasteiger partial charge in [0.15, 0.2) is 0 Å². The Kier molecular flexibility index (Phi) is 2.03. The van der Waals surface area contributed by atoms with Crippen molar-refractivity contribution in [1.29, 1.82) is 0 Å². The zero-order valence-corrected chi connectivity index (χ0v) is 8.94. The Hall–Kier alpha value is -1.28. The van der Waals surface area contributed by atoms with Crippen LogP contribution in [0.15, 0.2) is 34.7 Å². The number of hydrogen-bond acceptors (Lipinski definition) is 2. The fourth-order valence-corrected chi connectivity index (χ4v) is 2.44. The maximum absolute atomic E-state index is 5.88. The third-order valence-electron chi connectivity index (χ3n) is 3.29. The lowest BCUT2D eigenvalue weighted by molar-refractivity contribution is 0.281. The van der Waals surface area contributed by atoms with Crippen LogP contribution < -0.4 is 0 Å².